The van der Waals surface area contributed by atoms with Crippen molar-refractivity contribution in [2.45, 2.75) is 19.4 Å². The van der Waals surface area contributed by atoms with Crippen LogP contribution in [-0.4, -0.2) is 48.3 Å². The second-order valence-electron chi connectivity index (χ2n) is 2.95. The summed E-state index contributed by atoms with van der Waals surface area (Å²) in [5.74, 6) is -0.0197. The van der Waals surface area contributed by atoms with Crippen LogP contribution in [0, 0.1) is 0 Å². The highest BCUT2D eigenvalue weighted by atomic mass is 16.5. The number of aliphatic hydroxyl groups is 1. The minimum absolute atomic E-state index is 0.0197. The van der Waals surface area contributed by atoms with Crippen molar-refractivity contribution in [3.63, 3.8) is 0 Å². The molecule has 1 N–H and O–H groups in total. The summed E-state index contributed by atoms with van der Waals surface area (Å²) in [6.45, 7) is 3.70. The number of ether oxygens (including phenoxy) is 1. The third-order valence-electron chi connectivity index (χ3n) is 1.99. The monoisotopic (exact) mass is 173 g/mol. The Morgan fingerprint density at radius 3 is 3.08 bits per heavy atom. The highest BCUT2D eigenvalue weighted by molar-refractivity contribution is 5.78. The molecule has 0 aliphatic carbocycles. The predicted octanol–water partition coefficient (Wildman–Crippen LogP) is -0.384. The third kappa shape index (κ3) is 2.46. The number of carbonyl (C=O) groups is 1. The van der Waals surface area contributed by atoms with E-state index in [1.54, 1.807) is 4.90 Å². The molecule has 1 unspecified atom stereocenters. The highest BCUT2D eigenvalue weighted by Gasteiger charge is 2.20. The first-order chi connectivity index (χ1) is 5.74. The molecular formula is C8H15NO3. The van der Waals surface area contributed by atoms with Crippen LogP contribution in [0.4, 0.5) is 0 Å². The Balaban J connectivity index is 2.34. The van der Waals surface area contributed by atoms with Crippen LogP contribution in [0.5, 0.6) is 0 Å². The number of nitrogens with zero attached hydrogens (tertiary/aromatic N) is 1. The number of morpholine rings is 1. The van der Waals surface area contributed by atoms with Gasteiger partial charge in [-0.15, -0.1) is 0 Å². The van der Waals surface area contributed by atoms with E-state index in [1.807, 2.05) is 6.92 Å². The van der Waals surface area contributed by atoms with Crippen LogP contribution in [0.3, 0.4) is 0 Å². The first kappa shape index (κ1) is 9.48. The average molecular weight is 173 g/mol. The van der Waals surface area contributed by atoms with Gasteiger partial charge in [0.25, 0.3) is 0 Å². The fourth-order valence-electron chi connectivity index (χ4n) is 1.13. The molecule has 4 heteroatoms. The van der Waals surface area contributed by atoms with Gasteiger partial charge in [-0.2, -0.15) is 0 Å². The molecule has 0 aromatic rings. The number of aliphatic hydroxyl groups excluding tert-OH is 1. The topological polar surface area (TPSA) is 49.8 Å². The highest BCUT2D eigenvalue weighted by Crippen LogP contribution is 2.01. The van der Waals surface area contributed by atoms with Gasteiger partial charge in [-0.1, -0.05) is 6.92 Å². The number of hydrogen-bond acceptors (Lipinski definition) is 3. The van der Waals surface area contributed by atoms with Crippen LogP contribution in [0.2, 0.25) is 0 Å². The summed E-state index contributed by atoms with van der Waals surface area (Å²) < 4.78 is 4.95. The number of amides is 1. The molecule has 1 fully saturated rings. The SMILES string of the molecule is CCC(O)CN1CCOCC1=O. The summed E-state index contributed by atoms with van der Waals surface area (Å²) in [4.78, 5) is 12.8. The van der Waals surface area contributed by atoms with E-state index in [1.165, 1.54) is 0 Å². The van der Waals surface area contributed by atoms with E-state index in [0.717, 1.165) is 0 Å². The maximum atomic E-state index is 11.1. The van der Waals surface area contributed by atoms with Gasteiger partial charge in [0, 0.05) is 13.1 Å². The molecule has 1 aliphatic heterocycles. The molecule has 1 heterocycles. The number of carbonyl (C=O) groups excluding carboxylic acids is 1. The van der Waals surface area contributed by atoms with E-state index in [0.29, 0.717) is 26.1 Å². The van der Waals surface area contributed by atoms with Crippen LogP contribution < -0.4 is 0 Å². The number of hydrogen-bond donors (Lipinski definition) is 1. The molecule has 1 saturated heterocycles. The summed E-state index contributed by atoms with van der Waals surface area (Å²) in [6, 6.07) is 0. The van der Waals surface area contributed by atoms with Crippen molar-refractivity contribution >= 4 is 5.91 Å². The second kappa shape index (κ2) is 4.42. The maximum absolute atomic E-state index is 11.1. The number of rotatable bonds is 3. The fraction of sp³-hybridized carbons (Fsp3) is 0.875. The molecule has 0 radical (unpaired) electrons. The Kier molecular flexibility index (Phi) is 3.49. The molecule has 12 heavy (non-hydrogen) atoms. The summed E-state index contributed by atoms with van der Waals surface area (Å²) in [6.07, 6.45) is 0.289. The zero-order valence-electron chi connectivity index (χ0n) is 7.32. The molecule has 70 valence electrons. The fourth-order valence-corrected chi connectivity index (χ4v) is 1.13. The average Bonchev–Trinajstić information content (AvgIpc) is 2.09. The molecule has 1 aliphatic rings. The van der Waals surface area contributed by atoms with Gasteiger partial charge in [-0.3, -0.25) is 4.79 Å². The van der Waals surface area contributed by atoms with Gasteiger partial charge in [-0.25, -0.2) is 0 Å². The molecule has 1 amide bonds. The summed E-state index contributed by atoms with van der Waals surface area (Å²) >= 11 is 0. The van der Waals surface area contributed by atoms with E-state index in [4.69, 9.17) is 4.74 Å². The summed E-state index contributed by atoms with van der Waals surface area (Å²) in [7, 11) is 0. The molecule has 0 spiro atoms. The molecular weight excluding hydrogens is 158 g/mol. The zero-order chi connectivity index (χ0) is 8.97. The van der Waals surface area contributed by atoms with Crippen molar-refractivity contribution < 1.29 is 14.6 Å². The van der Waals surface area contributed by atoms with Crippen molar-refractivity contribution in [2.75, 3.05) is 26.3 Å². The molecule has 4 nitrogen and oxygen atoms in total. The summed E-state index contributed by atoms with van der Waals surface area (Å²) in [5, 5.41) is 9.29. The quantitative estimate of drug-likeness (QED) is 0.632. The number of β-amino-alcohol motifs (C(OH)–C–C–N with tert-alkyl or cyclic N) is 1. The van der Waals surface area contributed by atoms with Gasteiger partial charge >= 0.3 is 0 Å². The van der Waals surface area contributed by atoms with E-state index in [2.05, 4.69) is 0 Å². The lowest BCUT2D eigenvalue weighted by Gasteiger charge is -2.28. The van der Waals surface area contributed by atoms with E-state index >= 15 is 0 Å². The Morgan fingerprint density at radius 2 is 2.50 bits per heavy atom. The zero-order valence-corrected chi connectivity index (χ0v) is 7.32. The predicted molar refractivity (Wildman–Crippen MR) is 43.7 cm³/mol. The largest absolute Gasteiger partial charge is 0.391 e. The molecule has 1 atom stereocenters. The van der Waals surface area contributed by atoms with Crippen LogP contribution in [0.1, 0.15) is 13.3 Å². The smallest absolute Gasteiger partial charge is 0.248 e. The lowest BCUT2D eigenvalue weighted by atomic mass is 10.2. The normalized spacial score (nSPS) is 21.2. The molecule has 0 aromatic heterocycles. The Hall–Kier alpha value is -0.610. The van der Waals surface area contributed by atoms with Crippen LogP contribution in [0.25, 0.3) is 0 Å². The van der Waals surface area contributed by atoms with E-state index in [9.17, 15) is 9.90 Å². The molecule has 1 rings (SSSR count). The Labute approximate surface area is 72.1 Å². The van der Waals surface area contributed by atoms with Crippen molar-refractivity contribution in [1.29, 1.82) is 0 Å². The van der Waals surface area contributed by atoms with Gasteiger partial charge in [0.05, 0.1) is 12.7 Å². The maximum Gasteiger partial charge on any atom is 0.248 e. The summed E-state index contributed by atoms with van der Waals surface area (Å²) in [5.41, 5.74) is 0. The third-order valence-corrected chi connectivity index (χ3v) is 1.99. The lowest BCUT2D eigenvalue weighted by molar-refractivity contribution is -0.144. The second-order valence-corrected chi connectivity index (χ2v) is 2.95. The van der Waals surface area contributed by atoms with Gasteiger partial charge in [-0.05, 0) is 6.42 Å². The molecule has 0 bridgehead atoms. The Morgan fingerprint density at radius 1 is 1.75 bits per heavy atom. The van der Waals surface area contributed by atoms with Crippen molar-refractivity contribution in [1.82, 2.24) is 4.90 Å². The van der Waals surface area contributed by atoms with Crippen LogP contribution in [0.15, 0.2) is 0 Å². The first-order valence-electron chi connectivity index (χ1n) is 4.27. The van der Waals surface area contributed by atoms with Crippen molar-refractivity contribution in [3.05, 3.63) is 0 Å². The first-order valence-corrected chi connectivity index (χ1v) is 4.27. The van der Waals surface area contributed by atoms with Crippen LogP contribution in [-0.2, 0) is 9.53 Å². The Bertz CT molecular complexity index is 160. The van der Waals surface area contributed by atoms with Crippen LogP contribution >= 0.6 is 0 Å². The lowest BCUT2D eigenvalue weighted by Crippen LogP contribution is -2.45. The van der Waals surface area contributed by atoms with Gasteiger partial charge in [0.1, 0.15) is 6.61 Å². The van der Waals surface area contributed by atoms with E-state index < -0.39 is 6.10 Å². The minimum atomic E-state index is -0.396. The standard InChI is InChI=1S/C8H15NO3/c1-2-7(10)5-9-3-4-12-6-8(9)11/h7,10H,2-6H2,1H3. The van der Waals surface area contributed by atoms with Gasteiger partial charge in [0.2, 0.25) is 5.91 Å². The molecule has 0 aromatic carbocycles. The van der Waals surface area contributed by atoms with E-state index in [-0.39, 0.29) is 12.5 Å². The van der Waals surface area contributed by atoms with Crippen molar-refractivity contribution in [2.24, 2.45) is 0 Å². The van der Waals surface area contributed by atoms with Gasteiger partial charge < -0.3 is 14.7 Å². The minimum Gasteiger partial charge on any atom is -0.391 e. The van der Waals surface area contributed by atoms with Gasteiger partial charge in [0.15, 0.2) is 0 Å². The van der Waals surface area contributed by atoms with Crippen molar-refractivity contribution in [3.8, 4) is 0 Å². The molecule has 0 saturated carbocycles.